The Hall–Kier alpha value is -3.27. The Labute approximate surface area is 192 Å². The van der Waals surface area contributed by atoms with Crippen molar-refractivity contribution in [2.75, 3.05) is 0 Å². The van der Waals surface area contributed by atoms with Gasteiger partial charge in [0.1, 0.15) is 5.82 Å². The highest BCUT2D eigenvalue weighted by Crippen LogP contribution is 2.24. The maximum atomic E-state index is 5.32. The molecule has 0 saturated carbocycles. The van der Waals surface area contributed by atoms with Crippen LogP contribution in [-0.2, 0) is 0 Å². The van der Waals surface area contributed by atoms with Crippen molar-refractivity contribution < 1.29 is 4.52 Å². The van der Waals surface area contributed by atoms with Crippen molar-refractivity contribution in [2.45, 2.75) is 60.8 Å². The van der Waals surface area contributed by atoms with E-state index >= 15 is 0 Å². The fourth-order valence-corrected chi connectivity index (χ4v) is 3.11. The van der Waals surface area contributed by atoms with Crippen molar-refractivity contribution in [1.82, 2.24) is 15.1 Å². The zero-order valence-corrected chi connectivity index (χ0v) is 19.3. The summed E-state index contributed by atoms with van der Waals surface area (Å²) in [5, 5.41) is 4.05. The molecule has 2 heterocycles. The zero-order chi connectivity index (χ0) is 22.4. The van der Waals surface area contributed by atoms with Crippen LogP contribution in [0.4, 0.5) is 0 Å². The van der Waals surface area contributed by atoms with Crippen molar-refractivity contribution in [3.05, 3.63) is 89.6 Å². The molecule has 4 aromatic rings. The minimum Gasteiger partial charge on any atom is -0.356 e. The van der Waals surface area contributed by atoms with E-state index in [0.29, 0.717) is 11.8 Å². The third kappa shape index (κ3) is 6.61. The topological polar surface area (TPSA) is 51.8 Å². The van der Waals surface area contributed by atoms with Gasteiger partial charge in [0.25, 0.3) is 0 Å². The average molecular weight is 430 g/mol. The molecule has 0 bridgehead atoms. The molecule has 168 valence electrons. The molecule has 4 nitrogen and oxygen atoms in total. The maximum Gasteiger partial charge on any atom is 0.167 e. The molecule has 0 aliphatic carbocycles. The first-order chi connectivity index (χ1) is 14.8. The summed E-state index contributed by atoms with van der Waals surface area (Å²) < 4.78 is 5.32. The largest absolute Gasteiger partial charge is 0.356 e. The van der Waals surface area contributed by atoms with Gasteiger partial charge in [0.2, 0.25) is 0 Å². The molecule has 0 atom stereocenters. The highest BCUT2D eigenvalue weighted by Gasteiger charge is 2.09. The number of benzene rings is 2. The summed E-state index contributed by atoms with van der Waals surface area (Å²) in [4.78, 5) is 8.75. The molecule has 0 saturated heterocycles. The summed E-state index contributed by atoms with van der Waals surface area (Å²) in [5.74, 6) is 2.54. The van der Waals surface area contributed by atoms with Crippen LogP contribution < -0.4 is 0 Å². The highest BCUT2D eigenvalue weighted by molar-refractivity contribution is 5.62. The van der Waals surface area contributed by atoms with Crippen LogP contribution in [0.15, 0.2) is 71.5 Å². The summed E-state index contributed by atoms with van der Waals surface area (Å²) in [6.45, 7) is 12.6. The van der Waals surface area contributed by atoms with Gasteiger partial charge in [0.15, 0.2) is 5.76 Å². The van der Waals surface area contributed by atoms with Gasteiger partial charge in [-0.3, -0.25) is 0 Å². The number of aryl methyl sites for hydroxylation is 2. The van der Waals surface area contributed by atoms with Crippen LogP contribution in [0.1, 0.15) is 69.6 Å². The van der Waals surface area contributed by atoms with Crippen molar-refractivity contribution in [2.24, 2.45) is 0 Å². The third-order valence-corrected chi connectivity index (χ3v) is 4.96. The summed E-state index contributed by atoms with van der Waals surface area (Å²) in [6, 6.07) is 18.6. The van der Waals surface area contributed by atoms with Gasteiger partial charge >= 0.3 is 0 Å². The van der Waals surface area contributed by atoms with Crippen molar-refractivity contribution in [1.29, 1.82) is 0 Å². The Morgan fingerprint density at radius 1 is 0.688 bits per heavy atom. The number of nitrogens with zero attached hydrogens (tertiary/aromatic N) is 3. The van der Waals surface area contributed by atoms with Crippen LogP contribution in [0.5, 0.6) is 0 Å². The van der Waals surface area contributed by atoms with Crippen LogP contribution in [0.25, 0.3) is 22.5 Å². The molecule has 32 heavy (non-hydrogen) atoms. The van der Waals surface area contributed by atoms with Crippen molar-refractivity contribution in [3.63, 3.8) is 0 Å². The Bertz CT molecular complexity index is 1110. The molecular weight excluding hydrogens is 394 g/mol. The van der Waals surface area contributed by atoms with Crippen LogP contribution in [0.2, 0.25) is 0 Å². The monoisotopic (exact) mass is 429 g/mol. The minimum atomic E-state index is 0. The van der Waals surface area contributed by atoms with Gasteiger partial charge in [0.05, 0.1) is 5.69 Å². The fourth-order valence-electron chi connectivity index (χ4n) is 3.11. The third-order valence-electron chi connectivity index (χ3n) is 4.96. The molecule has 2 aromatic carbocycles. The lowest BCUT2D eigenvalue weighted by Crippen LogP contribution is -1.96. The molecule has 0 spiro atoms. The molecule has 0 amide bonds. The maximum absolute atomic E-state index is 5.32. The quantitative estimate of drug-likeness (QED) is 0.330. The standard InChI is InChI=1S/C14H16N2.C13H15NO.CH4/c1-10(2)14-15-8-13(9-16-14)12-6-4-5-11(3)7-12;1-9(2)12-8-13(15-14-12)11-6-4-5-10(3)7-11;/h4-10H,1-3H3;4-9H,1-3H3;1H4. The molecule has 0 unspecified atom stereocenters. The van der Waals surface area contributed by atoms with Gasteiger partial charge in [-0.1, -0.05) is 93.9 Å². The first kappa shape index (κ1) is 25.0. The number of hydrogen-bond donors (Lipinski definition) is 0. The Balaban J connectivity index is 0.000000220. The number of aromatic nitrogens is 3. The van der Waals surface area contributed by atoms with Gasteiger partial charge in [-0.25, -0.2) is 9.97 Å². The molecular formula is C28H35N3O. The molecule has 2 aromatic heterocycles. The molecule has 0 N–H and O–H groups in total. The van der Waals surface area contributed by atoms with Crippen LogP contribution in [0.3, 0.4) is 0 Å². The van der Waals surface area contributed by atoms with Gasteiger partial charge < -0.3 is 4.52 Å². The molecule has 4 rings (SSSR count). The summed E-state index contributed by atoms with van der Waals surface area (Å²) >= 11 is 0. The van der Waals surface area contributed by atoms with Crippen LogP contribution >= 0.6 is 0 Å². The fraction of sp³-hybridized carbons (Fsp3) is 0.321. The molecule has 0 aliphatic rings. The highest BCUT2D eigenvalue weighted by atomic mass is 16.5. The number of rotatable bonds is 4. The van der Waals surface area contributed by atoms with Gasteiger partial charge in [0, 0.05) is 35.5 Å². The number of hydrogen-bond acceptors (Lipinski definition) is 4. The second kappa shape index (κ2) is 11.4. The van der Waals surface area contributed by atoms with Crippen molar-refractivity contribution in [3.8, 4) is 22.5 Å². The minimum absolute atomic E-state index is 0. The normalized spacial score (nSPS) is 10.5. The lowest BCUT2D eigenvalue weighted by Gasteiger charge is -2.05. The van der Waals surface area contributed by atoms with Crippen molar-refractivity contribution >= 4 is 0 Å². The predicted molar refractivity (Wildman–Crippen MR) is 134 cm³/mol. The summed E-state index contributed by atoms with van der Waals surface area (Å²) in [6.07, 6.45) is 3.80. The molecule has 0 radical (unpaired) electrons. The molecule has 4 heteroatoms. The van der Waals surface area contributed by atoms with E-state index in [-0.39, 0.29) is 7.43 Å². The van der Waals surface area contributed by atoms with Gasteiger partial charge in [-0.05, 0) is 31.4 Å². The van der Waals surface area contributed by atoms with Crippen LogP contribution in [0, 0.1) is 13.8 Å². The second-order valence-corrected chi connectivity index (χ2v) is 8.49. The SMILES string of the molecule is C.Cc1cccc(-c2cc(C(C)C)no2)c1.Cc1cccc(-c2cnc(C(C)C)nc2)c1. The van der Waals surface area contributed by atoms with E-state index in [9.17, 15) is 0 Å². The Morgan fingerprint density at radius 3 is 1.75 bits per heavy atom. The van der Waals surface area contributed by atoms with E-state index in [1.54, 1.807) is 0 Å². The van der Waals surface area contributed by atoms with E-state index in [4.69, 9.17) is 4.52 Å². The molecule has 0 fully saturated rings. The molecule has 0 aliphatic heterocycles. The average Bonchev–Trinajstić information content (AvgIpc) is 3.25. The summed E-state index contributed by atoms with van der Waals surface area (Å²) in [7, 11) is 0. The Morgan fingerprint density at radius 2 is 1.25 bits per heavy atom. The lowest BCUT2D eigenvalue weighted by molar-refractivity contribution is 0.420. The van der Waals surface area contributed by atoms with Crippen LogP contribution in [-0.4, -0.2) is 15.1 Å². The lowest BCUT2D eigenvalue weighted by atomic mass is 10.1. The smallest absolute Gasteiger partial charge is 0.167 e. The summed E-state index contributed by atoms with van der Waals surface area (Å²) in [5.41, 5.74) is 6.84. The van der Waals surface area contributed by atoms with E-state index < -0.39 is 0 Å². The van der Waals surface area contributed by atoms with E-state index in [1.165, 1.54) is 16.7 Å². The predicted octanol–water partition coefficient (Wildman–Crippen LogP) is 7.98. The Kier molecular flexibility index (Phi) is 8.89. The van der Waals surface area contributed by atoms with Gasteiger partial charge in [-0.2, -0.15) is 0 Å². The second-order valence-electron chi connectivity index (χ2n) is 8.49. The zero-order valence-electron chi connectivity index (χ0n) is 19.3. The van der Waals surface area contributed by atoms with Gasteiger partial charge in [-0.15, -0.1) is 0 Å². The first-order valence-electron chi connectivity index (χ1n) is 10.8. The van der Waals surface area contributed by atoms with E-state index in [1.807, 2.05) is 30.6 Å². The van der Waals surface area contributed by atoms with E-state index in [0.717, 1.165) is 28.4 Å². The first-order valence-corrected chi connectivity index (χ1v) is 10.8. The van der Waals surface area contributed by atoms with E-state index in [2.05, 4.69) is 93.1 Å².